The highest BCUT2D eigenvalue weighted by Gasteiger charge is 2.12. The van der Waals surface area contributed by atoms with E-state index in [1.807, 2.05) is 19.1 Å². The summed E-state index contributed by atoms with van der Waals surface area (Å²) in [6.45, 7) is 1.88. The van der Waals surface area contributed by atoms with Gasteiger partial charge >= 0.3 is 6.03 Å². The molecule has 0 aliphatic rings. The van der Waals surface area contributed by atoms with Gasteiger partial charge in [0.15, 0.2) is 0 Å². The number of anilines is 1. The lowest BCUT2D eigenvalue weighted by molar-refractivity contribution is 0.0940. The van der Waals surface area contributed by atoms with Gasteiger partial charge in [0.1, 0.15) is 0 Å². The minimum atomic E-state index is -0.674. The fourth-order valence-electron chi connectivity index (χ4n) is 2.00. The van der Waals surface area contributed by atoms with Crippen LogP contribution in [-0.2, 0) is 0 Å². The Labute approximate surface area is 133 Å². The Morgan fingerprint density at radius 3 is 2.45 bits per heavy atom. The number of hydrogen-bond acceptors (Lipinski definition) is 2. The number of nitrogens with two attached hydrogens (primary N) is 1. The second kappa shape index (κ2) is 6.95. The molecule has 3 amide bonds. The van der Waals surface area contributed by atoms with Crippen LogP contribution in [0.2, 0.25) is 5.02 Å². The SMILES string of the molecule is CC(NC(=O)c1cccc(NC(N)=O)c1)c1ccc(Cl)cc1. The van der Waals surface area contributed by atoms with E-state index >= 15 is 0 Å². The van der Waals surface area contributed by atoms with Crippen molar-refractivity contribution in [3.05, 3.63) is 64.7 Å². The van der Waals surface area contributed by atoms with Crippen LogP contribution in [0.5, 0.6) is 0 Å². The molecule has 2 aromatic rings. The lowest BCUT2D eigenvalue weighted by Crippen LogP contribution is -2.27. The summed E-state index contributed by atoms with van der Waals surface area (Å²) in [6.07, 6.45) is 0. The Kier molecular flexibility index (Phi) is 5.01. The Balaban J connectivity index is 2.08. The van der Waals surface area contributed by atoms with Gasteiger partial charge in [-0.3, -0.25) is 4.79 Å². The average Bonchev–Trinajstić information content (AvgIpc) is 2.47. The molecule has 4 N–H and O–H groups in total. The molecule has 6 heteroatoms. The molecule has 0 aliphatic heterocycles. The monoisotopic (exact) mass is 317 g/mol. The topological polar surface area (TPSA) is 84.2 Å². The van der Waals surface area contributed by atoms with Crippen LogP contribution in [-0.4, -0.2) is 11.9 Å². The number of halogens is 1. The van der Waals surface area contributed by atoms with Gasteiger partial charge in [-0.25, -0.2) is 4.79 Å². The van der Waals surface area contributed by atoms with E-state index in [1.54, 1.807) is 36.4 Å². The van der Waals surface area contributed by atoms with Crippen LogP contribution in [0.4, 0.5) is 10.5 Å². The molecule has 0 saturated heterocycles. The van der Waals surface area contributed by atoms with E-state index in [1.165, 1.54) is 0 Å². The summed E-state index contributed by atoms with van der Waals surface area (Å²) in [5.74, 6) is -0.240. The van der Waals surface area contributed by atoms with E-state index in [0.717, 1.165) is 5.56 Å². The zero-order valence-electron chi connectivity index (χ0n) is 12.0. The first-order valence-electron chi connectivity index (χ1n) is 6.68. The zero-order chi connectivity index (χ0) is 16.1. The Morgan fingerprint density at radius 1 is 1.14 bits per heavy atom. The normalized spacial score (nSPS) is 11.5. The van der Waals surface area contributed by atoms with Crippen molar-refractivity contribution >= 4 is 29.2 Å². The van der Waals surface area contributed by atoms with Gasteiger partial charge in [0, 0.05) is 16.3 Å². The minimum absolute atomic E-state index is 0.169. The summed E-state index contributed by atoms with van der Waals surface area (Å²) in [5, 5.41) is 5.97. The van der Waals surface area contributed by atoms with Crippen molar-refractivity contribution in [3.63, 3.8) is 0 Å². The number of primary amides is 1. The maximum Gasteiger partial charge on any atom is 0.316 e. The molecule has 0 fully saturated rings. The van der Waals surface area contributed by atoms with Crippen molar-refractivity contribution < 1.29 is 9.59 Å². The number of urea groups is 1. The van der Waals surface area contributed by atoms with Crippen molar-refractivity contribution in [1.82, 2.24) is 5.32 Å². The Hall–Kier alpha value is -2.53. The molecular formula is C16H16ClN3O2. The largest absolute Gasteiger partial charge is 0.351 e. The Bertz CT molecular complexity index is 686. The maximum atomic E-state index is 12.3. The molecule has 0 radical (unpaired) electrons. The molecular weight excluding hydrogens is 302 g/mol. The van der Waals surface area contributed by atoms with Gasteiger partial charge in [-0.05, 0) is 42.8 Å². The molecule has 0 saturated carbocycles. The van der Waals surface area contributed by atoms with Gasteiger partial charge in [-0.2, -0.15) is 0 Å². The molecule has 2 aromatic carbocycles. The molecule has 0 aromatic heterocycles. The highest BCUT2D eigenvalue weighted by Crippen LogP contribution is 2.17. The summed E-state index contributed by atoms with van der Waals surface area (Å²) in [5.41, 5.74) is 6.92. The lowest BCUT2D eigenvalue weighted by atomic mass is 10.1. The van der Waals surface area contributed by atoms with Gasteiger partial charge in [-0.1, -0.05) is 29.8 Å². The number of rotatable bonds is 4. The third kappa shape index (κ3) is 4.23. The van der Waals surface area contributed by atoms with Crippen molar-refractivity contribution in [3.8, 4) is 0 Å². The van der Waals surface area contributed by atoms with E-state index in [-0.39, 0.29) is 11.9 Å². The molecule has 114 valence electrons. The molecule has 2 rings (SSSR count). The van der Waals surface area contributed by atoms with Crippen LogP contribution >= 0.6 is 11.6 Å². The van der Waals surface area contributed by atoms with E-state index in [9.17, 15) is 9.59 Å². The smallest absolute Gasteiger partial charge is 0.316 e. The highest BCUT2D eigenvalue weighted by molar-refractivity contribution is 6.30. The first kappa shape index (κ1) is 15.9. The number of carbonyl (C=O) groups excluding carboxylic acids is 2. The second-order valence-electron chi connectivity index (χ2n) is 4.82. The third-order valence-corrected chi connectivity index (χ3v) is 3.36. The van der Waals surface area contributed by atoms with Crippen molar-refractivity contribution in [1.29, 1.82) is 0 Å². The third-order valence-electron chi connectivity index (χ3n) is 3.11. The van der Waals surface area contributed by atoms with Crippen LogP contribution in [0, 0.1) is 0 Å². The minimum Gasteiger partial charge on any atom is -0.351 e. The van der Waals surface area contributed by atoms with Crippen LogP contribution < -0.4 is 16.4 Å². The van der Waals surface area contributed by atoms with Gasteiger partial charge < -0.3 is 16.4 Å². The zero-order valence-corrected chi connectivity index (χ0v) is 12.7. The van der Waals surface area contributed by atoms with E-state index in [0.29, 0.717) is 16.3 Å². The molecule has 0 bridgehead atoms. The second-order valence-corrected chi connectivity index (χ2v) is 5.25. The molecule has 1 unspecified atom stereocenters. The lowest BCUT2D eigenvalue weighted by Gasteiger charge is -2.15. The van der Waals surface area contributed by atoms with E-state index < -0.39 is 6.03 Å². The summed E-state index contributed by atoms with van der Waals surface area (Å²) in [4.78, 5) is 23.1. The van der Waals surface area contributed by atoms with E-state index in [2.05, 4.69) is 10.6 Å². The van der Waals surface area contributed by atoms with Gasteiger partial charge in [0.2, 0.25) is 0 Å². The molecule has 22 heavy (non-hydrogen) atoms. The Morgan fingerprint density at radius 2 is 1.82 bits per heavy atom. The first-order valence-corrected chi connectivity index (χ1v) is 7.06. The van der Waals surface area contributed by atoms with E-state index in [4.69, 9.17) is 17.3 Å². The fraction of sp³-hybridized carbons (Fsp3) is 0.125. The van der Waals surface area contributed by atoms with Crippen LogP contribution in [0.1, 0.15) is 28.9 Å². The molecule has 1 atom stereocenters. The number of carbonyl (C=O) groups is 2. The molecule has 0 spiro atoms. The van der Waals surface area contributed by atoms with Crippen LogP contribution in [0.25, 0.3) is 0 Å². The van der Waals surface area contributed by atoms with Crippen LogP contribution in [0.15, 0.2) is 48.5 Å². The van der Waals surface area contributed by atoms with Crippen molar-refractivity contribution in [2.24, 2.45) is 5.73 Å². The predicted octanol–water partition coefficient (Wildman–Crippen LogP) is 3.32. The molecule has 0 aliphatic carbocycles. The van der Waals surface area contributed by atoms with Gasteiger partial charge in [0.25, 0.3) is 5.91 Å². The summed E-state index contributed by atoms with van der Waals surface area (Å²) >= 11 is 5.84. The average molecular weight is 318 g/mol. The number of nitrogens with one attached hydrogen (secondary N) is 2. The predicted molar refractivity (Wildman–Crippen MR) is 87.0 cm³/mol. The van der Waals surface area contributed by atoms with Crippen molar-refractivity contribution in [2.45, 2.75) is 13.0 Å². The molecule has 5 nitrogen and oxygen atoms in total. The summed E-state index contributed by atoms with van der Waals surface area (Å²) < 4.78 is 0. The number of hydrogen-bond donors (Lipinski definition) is 3. The standard InChI is InChI=1S/C16H16ClN3O2/c1-10(11-5-7-13(17)8-6-11)19-15(21)12-3-2-4-14(9-12)20-16(18)22/h2-10H,1H3,(H,19,21)(H3,18,20,22). The summed E-state index contributed by atoms with van der Waals surface area (Å²) in [7, 11) is 0. The van der Waals surface area contributed by atoms with Gasteiger partial charge in [-0.15, -0.1) is 0 Å². The summed E-state index contributed by atoms with van der Waals surface area (Å²) in [6, 6.07) is 13.0. The van der Waals surface area contributed by atoms with Crippen LogP contribution in [0.3, 0.4) is 0 Å². The highest BCUT2D eigenvalue weighted by atomic mass is 35.5. The van der Waals surface area contributed by atoms with Crippen molar-refractivity contribution in [2.75, 3.05) is 5.32 Å². The first-order chi connectivity index (χ1) is 10.5. The quantitative estimate of drug-likeness (QED) is 0.808. The number of amides is 3. The maximum absolute atomic E-state index is 12.3. The fourth-order valence-corrected chi connectivity index (χ4v) is 2.12. The van der Waals surface area contributed by atoms with Gasteiger partial charge in [0.05, 0.1) is 6.04 Å². The molecule has 0 heterocycles. The number of benzene rings is 2.